The Bertz CT molecular complexity index is 375. The van der Waals surface area contributed by atoms with E-state index in [1.54, 1.807) is 6.92 Å². The van der Waals surface area contributed by atoms with Gasteiger partial charge in [0.25, 0.3) is 5.92 Å². The molecule has 0 amide bonds. The topological polar surface area (TPSA) is 26.3 Å². The molecule has 0 saturated heterocycles. The summed E-state index contributed by atoms with van der Waals surface area (Å²) < 4.78 is 91.8. The van der Waals surface area contributed by atoms with E-state index in [-0.39, 0.29) is 0 Å². The largest absolute Gasteiger partial charge is 0.459 e. The standard InChI is InChI=1S/C13H19F7O2/c1-4-10(2,3)9(21)22-8-11(14,15)6-5-7-12(16,17)13(18,19)20/h4-8H2,1-3H3. The summed E-state index contributed by atoms with van der Waals surface area (Å²) in [5.41, 5.74) is -0.973. The maximum atomic E-state index is 13.3. The van der Waals surface area contributed by atoms with Crippen LogP contribution in [0.2, 0.25) is 0 Å². The quantitative estimate of drug-likeness (QED) is 0.461. The minimum Gasteiger partial charge on any atom is -0.459 e. The monoisotopic (exact) mass is 340 g/mol. The fraction of sp³-hybridized carbons (Fsp3) is 0.923. The van der Waals surface area contributed by atoms with E-state index in [4.69, 9.17) is 0 Å². The number of carbonyl (C=O) groups is 1. The second-order valence-electron chi connectivity index (χ2n) is 5.73. The van der Waals surface area contributed by atoms with Gasteiger partial charge in [-0.25, -0.2) is 8.78 Å². The number of carbonyl (C=O) groups excluding carboxylic acids is 1. The van der Waals surface area contributed by atoms with Gasteiger partial charge in [-0.2, -0.15) is 22.0 Å². The molecule has 9 heteroatoms. The van der Waals surface area contributed by atoms with Crippen LogP contribution >= 0.6 is 0 Å². The van der Waals surface area contributed by atoms with Crippen LogP contribution < -0.4 is 0 Å². The summed E-state index contributed by atoms with van der Waals surface area (Å²) in [6.07, 6.45) is -9.43. The highest BCUT2D eigenvalue weighted by Crippen LogP contribution is 2.40. The zero-order valence-electron chi connectivity index (χ0n) is 12.5. The second kappa shape index (κ2) is 7.04. The lowest BCUT2D eigenvalue weighted by molar-refractivity contribution is -0.285. The first kappa shape index (κ1) is 21.0. The van der Waals surface area contributed by atoms with Crippen LogP contribution in [0.1, 0.15) is 46.5 Å². The highest BCUT2D eigenvalue weighted by atomic mass is 19.4. The van der Waals surface area contributed by atoms with Gasteiger partial charge < -0.3 is 4.74 Å². The zero-order valence-corrected chi connectivity index (χ0v) is 12.5. The van der Waals surface area contributed by atoms with Gasteiger partial charge in [-0.1, -0.05) is 6.92 Å². The maximum absolute atomic E-state index is 13.3. The van der Waals surface area contributed by atoms with Crippen molar-refractivity contribution in [3.63, 3.8) is 0 Å². The molecule has 2 nitrogen and oxygen atoms in total. The van der Waals surface area contributed by atoms with Crippen molar-refractivity contribution in [2.75, 3.05) is 6.61 Å². The first-order chi connectivity index (χ1) is 9.65. The number of halogens is 7. The molecule has 0 spiro atoms. The van der Waals surface area contributed by atoms with E-state index in [2.05, 4.69) is 4.74 Å². The van der Waals surface area contributed by atoms with Crippen LogP contribution in [-0.2, 0) is 9.53 Å². The molecular formula is C13H19F7O2. The van der Waals surface area contributed by atoms with E-state index in [1.165, 1.54) is 13.8 Å². The molecule has 0 atom stereocenters. The summed E-state index contributed by atoms with van der Waals surface area (Å²) in [5.74, 6) is -9.54. The Morgan fingerprint density at radius 2 is 1.45 bits per heavy atom. The Morgan fingerprint density at radius 1 is 0.955 bits per heavy atom. The van der Waals surface area contributed by atoms with Crippen LogP contribution in [0.25, 0.3) is 0 Å². The number of hydrogen-bond acceptors (Lipinski definition) is 2. The van der Waals surface area contributed by atoms with Crippen molar-refractivity contribution in [3.05, 3.63) is 0 Å². The Balaban J connectivity index is 4.35. The molecular weight excluding hydrogens is 321 g/mol. The molecule has 0 heterocycles. The van der Waals surface area contributed by atoms with E-state index >= 15 is 0 Å². The van der Waals surface area contributed by atoms with E-state index < -0.39 is 55.3 Å². The van der Waals surface area contributed by atoms with E-state index in [9.17, 15) is 35.5 Å². The summed E-state index contributed by atoms with van der Waals surface area (Å²) in [5, 5.41) is 0. The fourth-order valence-electron chi connectivity index (χ4n) is 1.29. The van der Waals surface area contributed by atoms with Crippen molar-refractivity contribution in [2.45, 2.75) is 64.5 Å². The van der Waals surface area contributed by atoms with Gasteiger partial charge >= 0.3 is 18.1 Å². The van der Waals surface area contributed by atoms with E-state index in [0.717, 1.165) is 0 Å². The van der Waals surface area contributed by atoms with Gasteiger partial charge in [0.15, 0.2) is 6.61 Å². The summed E-state index contributed by atoms with van der Waals surface area (Å²) in [7, 11) is 0. The molecule has 0 unspecified atom stereocenters. The third-order valence-electron chi connectivity index (χ3n) is 3.30. The number of ether oxygens (including phenoxy) is 1. The van der Waals surface area contributed by atoms with Crippen molar-refractivity contribution in [1.82, 2.24) is 0 Å². The Kier molecular flexibility index (Phi) is 6.71. The molecule has 0 aromatic heterocycles. The minimum absolute atomic E-state index is 0.342. The van der Waals surface area contributed by atoms with E-state index in [1.807, 2.05) is 0 Å². The molecule has 0 radical (unpaired) electrons. The Hall–Kier alpha value is -1.02. The average molecular weight is 340 g/mol. The second-order valence-corrected chi connectivity index (χ2v) is 5.73. The van der Waals surface area contributed by atoms with Crippen LogP contribution in [0.4, 0.5) is 30.7 Å². The number of alkyl halides is 7. The predicted molar refractivity (Wildman–Crippen MR) is 64.8 cm³/mol. The van der Waals surface area contributed by atoms with Crippen molar-refractivity contribution >= 4 is 5.97 Å². The Morgan fingerprint density at radius 3 is 1.86 bits per heavy atom. The van der Waals surface area contributed by atoms with Crippen LogP contribution in [0.15, 0.2) is 0 Å². The lowest BCUT2D eigenvalue weighted by Gasteiger charge is -2.24. The SMILES string of the molecule is CCC(C)(C)C(=O)OCC(F)(F)CCCC(F)(F)C(F)(F)F. The highest BCUT2D eigenvalue weighted by molar-refractivity contribution is 5.75. The lowest BCUT2D eigenvalue weighted by Crippen LogP contribution is -2.37. The molecule has 0 aliphatic rings. The molecule has 132 valence electrons. The number of esters is 1. The summed E-state index contributed by atoms with van der Waals surface area (Å²) in [4.78, 5) is 11.5. The minimum atomic E-state index is -5.76. The summed E-state index contributed by atoms with van der Waals surface area (Å²) in [6, 6.07) is 0. The van der Waals surface area contributed by atoms with Crippen molar-refractivity contribution in [2.24, 2.45) is 5.41 Å². The summed E-state index contributed by atoms with van der Waals surface area (Å²) >= 11 is 0. The first-order valence-corrected chi connectivity index (χ1v) is 6.64. The highest BCUT2D eigenvalue weighted by Gasteiger charge is 2.56. The number of hydrogen-bond donors (Lipinski definition) is 0. The molecule has 0 aliphatic heterocycles. The Labute approximate surface area is 124 Å². The van der Waals surface area contributed by atoms with Gasteiger partial charge in [0.2, 0.25) is 0 Å². The zero-order chi connectivity index (χ0) is 17.8. The lowest BCUT2D eigenvalue weighted by atomic mass is 9.91. The third-order valence-corrected chi connectivity index (χ3v) is 3.30. The molecule has 0 aliphatic carbocycles. The van der Waals surface area contributed by atoms with Gasteiger partial charge in [0.1, 0.15) is 0 Å². The van der Waals surface area contributed by atoms with Crippen molar-refractivity contribution < 1.29 is 40.3 Å². The van der Waals surface area contributed by atoms with Crippen molar-refractivity contribution in [1.29, 1.82) is 0 Å². The first-order valence-electron chi connectivity index (χ1n) is 6.64. The van der Waals surface area contributed by atoms with Crippen molar-refractivity contribution in [3.8, 4) is 0 Å². The normalized spacial score (nSPS) is 14.1. The fourth-order valence-corrected chi connectivity index (χ4v) is 1.29. The molecule has 0 bridgehead atoms. The molecule has 22 heavy (non-hydrogen) atoms. The van der Waals surface area contributed by atoms with Crippen LogP contribution in [-0.4, -0.2) is 30.6 Å². The molecule has 0 rings (SSSR count). The van der Waals surface area contributed by atoms with E-state index in [0.29, 0.717) is 6.42 Å². The molecule has 0 aromatic carbocycles. The smallest absolute Gasteiger partial charge is 0.453 e. The van der Waals surface area contributed by atoms with Gasteiger partial charge in [-0.15, -0.1) is 0 Å². The van der Waals surface area contributed by atoms with Gasteiger partial charge in [0, 0.05) is 12.8 Å². The molecule has 0 aromatic rings. The molecule has 0 fully saturated rings. The van der Waals surface area contributed by atoms with Gasteiger partial charge in [0.05, 0.1) is 5.41 Å². The maximum Gasteiger partial charge on any atom is 0.453 e. The predicted octanol–water partition coefficient (Wildman–Crippen LogP) is 4.97. The number of rotatable bonds is 8. The summed E-state index contributed by atoms with van der Waals surface area (Å²) in [6.45, 7) is 3.28. The van der Waals surface area contributed by atoms with Crippen LogP contribution in [0.5, 0.6) is 0 Å². The third kappa shape index (κ3) is 6.39. The van der Waals surface area contributed by atoms with Gasteiger partial charge in [-0.05, 0) is 26.7 Å². The molecule has 0 N–H and O–H groups in total. The van der Waals surface area contributed by atoms with Gasteiger partial charge in [-0.3, -0.25) is 4.79 Å². The average Bonchev–Trinajstić information content (AvgIpc) is 2.34. The van der Waals surface area contributed by atoms with Crippen LogP contribution in [0, 0.1) is 5.41 Å². The van der Waals surface area contributed by atoms with Crippen LogP contribution in [0.3, 0.4) is 0 Å². The molecule has 0 saturated carbocycles.